The molecule has 32 heavy (non-hydrogen) atoms. The van der Waals surface area contributed by atoms with E-state index in [1.54, 1.807) is 4.90 Å². The first-order chi connectivity index (χ1) is 15.3. The zero-order valence-electron chi connectivity index (χ0n) is 17.0. The number of carbonyl (C=O) groups is 3. The molecule has 11 heteroatoms. The number of nitrogens with one attached hydrogen (secondary N) is 3. The van der Waals surface area contributed by atoms with E-state index in [0.29, 0.717) is 38.2 Å². The van der Waals surface area contributed by atoms with E-state index < -0.39 is 16.7 Å². The van der Waals surface area contributed by atoms with Crippen molar-refractivity contribution in [3.8, 4) is 0 Å². The van der Waals surface area contributed by atoms with Gasteiger partial charge in [0, 0.05) is 43.1 Å². The molecule has 2 aromatic rings. The molecule has 0 saturated carbocycles. The molecule has 1 aliphatic rings. The van der Waals surface area contributed by atoms with E-state index in [1.807, 2.05) is 0 Å². The molecule has 1 aliphatic heterocycles. The Kier molecular flexibility index (Phi) is 7.32. The Bertz CT molecular complexity index is 989. The second-order valence-electron chi connectivity index (χ2n) is 7.34. The second-order valence-corrected chi connectivity index (χ2v) is 7.34. The summed E-state index contributed by atoms with van der Waals surface area (Å²) in [4.78, 5) is 48.1. The number of hydrogen-bond acceptors (Lipinski definition) is 5. The fourth-order valence-electron chi connectivity index (χ4n) is 3.25. The van der Waals surface area contributed by atoms with Crippen molar-refractivity contribution in [2.45, 2.75) is 12.8 Å². The van der Waals surface area contributed by atoms with Crippen molar-refractivity contribution in [2.24, 2.45) is 5.92 Å². The Morgan fingerprint density at radius 1 is 0.938 bits per heavy atom. The van der Waals surface area contributed by atoms with E-state index in [4.69, 9.17) is 0 Å². The molecule has 168 valence electrons. The molecule has 0 atom stereocenters. The zero-order valence-corrected chi connectivity index (χ0v) is 17.0. The molecule has 1 saturated heterocycles. The van der Waals surface area contributed by atoms with E-state index in [1.165, 1.54) is 48.5 Å². The summed E-state index contributed by atoms with van der Waals surface area (Å²) in [5.41, 5.74) is 0.659. The fourth-order valence-corrected chi connectivity index (χ4v) is 3.25. The highest BCUT2D eigenvalue weighted by molar-refractivity contribution is 6.39. The minimum Gasteiger partial charge on any atom is -0.348 e. The van der Waals surface area contributed by atoms with Crippen LogP contribution in [0.4, 0.5) is 26.2 Å². The first kappa shape index (κ1) is 22.7. The lowest BCUT2D eigenvalue weighted by Crippen LogP contribution is -2.44. The molecule has 0 aliphatic carbocycles. The van der Waals surface area contributed by atoms with E-state index >= 15 is 0 Å². The van der Waals surface area contributed by atoms with E-state index in [-0.39, 0.29) is 29.1 Å². The Morgan fingerprint density at radius 3 is 2.09 bits per heavy atom. The maximum absolute atomic E-state index is 13.0. The van der Waals surface area contributed by atoms with Crippen molar-refractivity contribution in [2.75, 3.05) is 30.3 Å². The molecule has 10 nitrogen and oxygen atoms in total. The van der Waals surface area contributed by atoms with Gasteiger partial charge in [-0.2, -0.15) is 0 Å². The Balaban J connectivity index is 1.38. The van der Waals surface area contributed by atoms with Gasteiger partial charge in [0.1, 0.15) is 5.82 Å². The zero-order chi connectivity index (χ0) is 23.1. The van der Waals surface area contributed by atoms with Crippen LogP contribution in [0.25, 0.3) is 0 Å². The molecule has 0 unspecified atom stereocenters. The number of piperidine rings is 1. The predicted octanol–water partition coefficient (Wildman–Crippen LogP) is 2.73. The summed E-state index contributed by atoms with van der Waals surface area (Å²) in [7, 11) is 0. The van der Waals surface area contributed by atoms with Gasteiger partial charge < -0.3 is 20.9 Å². The van der Waals surface area contributed by atoms with Crippen LogP contribution >= 0.6 is 0 Å². The quantitative estimate of drug-likeness (QED) is 0.371. The van der Waals surface area contributed by atoms with Gasteiger partial charge in [-0.25, -0.2) is 9.18 Å². The minimum absolute atomic E-state index is 0.112. The van der Waals surface area contributed by atoms with Crippen LogP contribution in [0.5, 0.6) is 0 Å². The molecule has 3 rings (SSSR count). The number of benzene rings is 2. The van der Waals surface area contributed by atoms with Crippen molar-refractivity contribution in [1.29, 1.82) is 0 Å². The Labute approximate surface area is 182 Å². The number of urea groups is 1. The largest absolute Gasteiger partial charge is 0.348 e. The number of anilines is 2. The lowest BCUT2D eigenvalue weighted by Gasteiger charge is -2.32. The maximum atomic E-state index is 13.0. The van der Waals surface area contributed by atoms with Gasteiger partial charge in [-0.3, -0.25) is 19.7 Å². The molecule has 3 N–H and O–H groups in total. The molecule has 2 aromatic carbocycles. The third-order valence-corrected chi connectivity index (χ3v) is 5.09. The second kappa shape index (κ2) is 10.3. The Morgan fingerprint density at radius 2 is 1.50 bits per heavy atom. The van der Waals surface area contributed by atoms with Gasteiger partial charge in [-0.15, -0.1) is 0 Å². The number of non-ortho nitro benzene ring substituents is 1. The van der Waals surface area contributed by atoms with E-state index in [9.17, 15) is 28.9 Å². The topological polar surface area (TPSA) is 134 Å². The highest BCUT2D eigenvalue weighted by Gasteiger charge is 2.24. The van der Waals surface area contributed by atoms with Crippen LogP contribution < -0.4 is 16.0 Å². The first-order valence-corrected chi connectivity index (χ1v) is 9.97. The van der Waals surface area contributed by atoms with Crippen molar-refractivity contribution >= 4 is 34.9 Å². The van der Waals surface area contributed by atoms with Gasteiger partial charge in [0.15, 0.2) is 0 Å². The van der Waals surface area contributed by atoms with Crippen molar-refractivity contribution < 1.29 is 23.7 Å². The van der Waals surface area contributed by atoms with Gasteiger partial charge in [0.2, 0.25) is 0 Å². The number of amides is 4. The monoisotopic (exact) mass is 443 g/mol. The molecule has 0 spiro atoms. The molecule has 0 radical (unpaired) electrons. The van der Waals surface area contributed by atoms with Crippen LogP contribution in [0.2, 0.25) is 0 Å². The number of likely N-dealkylation sites (tertiary alicyclic amines) is 1. The summed E-state index contributed by atoms with van der Waals surface area (Å²) in [5, 5.41) is 18.3. The van der Waals surface area contributed by atoms with Crippen LogP contribution in [-0.4, -0.2) is 47.3 Å². The summed E-state index contributed by atoms with van der Waals surface area (Å²) < 4.78 is 13.0. The van der Waals surface area contributed by atoms with Crippen molar-refractivity contribution in [3.05, 3.63) is 64.5 Å². The SMILES string of the molecule is O=C(NCC1CCN(C(=O)Nc2ccc(F)cc2)CC1)C(=O)Nc1ccc([N+](=O)[O-])cc1. The summed E-state index contributed by atoms with van der Waals surface area (Å²) in [5.74, 6) is -1.94. The number of nitro groups is 1. The molecule has 0 aromatic heterocycles. The summed E-state index contributed by atoms with van der Waals surface area (Å²) in [6, 6.07) is 10.4. The number of halogens is 1. The van der Waals surface area contributed by atoms with Crippen LogP contribution in [0.15, 0.2) is 48.5 Å². The van der Waals surface area contributed by atoms with E-state index in [2.05, 4.69) is 16.0 Å². The third-order valence-electron chi connectivity index (χ3n) is 5.09. The van der Waals surface area contributed by atoms with Gasteiger partial charge >= 0.3 is 17.8 Å². The first-order valence-electron chi connectivity index (χ1n) is 9.97. The molecule has 4 amide bonds. The lowest BCUT2D eigenvalue weighted by molar-refractivity contribution is -0.384. The Hall–Kier alpha value is -4.02. The van der Waals surface area contributed by atoms with Gasteiger partial charge in [0.25, 0.3) is 5.69 Å². The summed E-state index contributed by atoms with van der Waals surface area (Å²) >= 11 is 0. The van der Waals surface area contributed by atoms with Gasteiger partial charge in [-0.1, -0.05) is 0 Å². The highest BCUT2D eigenvalue weighted by Crippen LogP contribution is 2.18. The molecular formula is C21H22FN5O5. The fraction of sp³-hybridized carbons (Fsp3) is 0.286. The predicted molar refractivity (Wildman–Crippen MR) is 114 cm³/mol. The van der Waals surface area contributed by atoms with Gasteiger partial charge in [0.05, 0.1) is 4.92 Å². The molecule has 1 fully saturated rings. The number of carbonyl (C=O) groups excluding carboxylic acids is 3. The normalized spacial score (nSPS) is 13.8. The van der Waals surface area contributed by atoms with Gasteiger partial charge in [-0.05, 0) is 55.2 Å². The highest BCUT2D eigenvalue weighted by atomic mass is 19.1. The molecule has 1 heterocycles. The van der Waals surface area contributed by atoms with Crippen LogP contribution in [0, 0.1) is 21.8 Å². The summed E-state index contributed by atoms with van der Waals surface area (Å²) in [6.45, 7) is 1.27. The van der Waals surface area contributed by atoms with Crippen LogP contribution in [-0.2, 0) is 9.59 Å². The number of nitrogens with zero attached hydrogens (tertiary/aromatic N) is 2. The van der Waals surface area contributed by atoms with E-state index in [0.717, 1.165) is 0 Å². The summed E-state index contributed by atoms with van der Waals surface area (Å²) in [6.07, 6.45) is 1.31. The van der Waals surface area contributed by atoms with Crippen molar-refractivity contribution in [1.82, 2.24) is 10.2 Å². The number of nitro benzene ring substituents is 1. The molecule has 0 bridgehead atoms. The third kappa shape index (κ3) is 6.24. The number of hydrogen-bond donors (Lipinski definition) is 3. The lowest BCUT2D eigenvalue weighted by atomic mass is 9.97. The van der Waals surface area contributed by atoms with Crippen molar-refractivity contribution in [3.63, 3.8) is 0 Å². The van der Waals surface area contributed by atoms with Crippen LogP contribution in [0.1, 0.15) is 12.8 Å². The minimum atomic E-state index is -0.866. The van der Waals surface area contributed by atoms with Crippen LogP contribution in [0.3, 0.4) is 0 Å². The smallest absolute Gasteiger partial charge is 0.321 e. The molecular weight excluding hydrogens is 421 g/mol. The maximum Gasteiger partial charge on any atom is 0.321 e. The standard InChI is InChI=1S/C21H22FN5O5/c22-15-1-3-17(4-2-15)25-21(30)26-11-9-14(10-12-26)13-23-19(28)20(29)24-16-5-7-18(8-6-16)27(31)32/h1-8,14H,9-13H2,(H,23,28)(H,24,29)(H,25,30). The average Bonchev–Trinajstić information content (AvgIpc) is 2.79. The number of rotatable bonds is 5. The average molecular weight is 443 g/mol.